The second-order valence-corrected chi connectivity index (χ2v) is 41.5. The minimum Gasteiger partial charge on any atom is -0.303 e. The van der Waals surface area contributed by atoms with Crippen molar-refractivity contribution < 1.29 is 37.7 Å². The molecule has 0 spiro atoms. The Hall–Kier alpha value is 3.29. The largest absolute Gasteiger partial charge is 1.00 e. The Labute approximate surface area is 110 Å². The van der Waals surface area contributed by atoms with Gasteiger partial charge in [-0.25, -0.2) is 7.55 Å². The smallest absolute Gasteiger partial charge is 0.303 e. The minimum absolute atomic E-state index is 0. The molecule has 13 heavy (non-hydrogen) atoms. The average Bonchev–Trinajstić information content (AvgIpc) is 2.35. The average molecular weight is 288 g/mol. The zero-order chi connectivity index (χ0) is 7.80. The Balaban J connectivity index is 0.000000422. The fourth-order valence-electron chi connectivity index (χ4n) is 1.25. The maximum absolute atomic E-state index is 2.51. The molecule has 4 heterocycles. The molecule has 0 aromatic carbocycles. The van der Waals surface area contributed by atoms with Crippen molar-refractivity contribution in [1.29, 1.82) is 0 Å². The Kier molecular flexibility index (Phi) is 4.99. The van der Waals surface area contributed by atoms with E-state index >= 15 is 0 Å². The second-order valence-electron chi connectivity index (χ2n) is 3.71. The van der Waals surface area contributed by atoms with Gasteiger partial charge < -0.3 is 13.9 Å². The maximum Gasteiger partial charge on any atom is 1.00 e. The molecule has 0 amide bonds. The molecule has 4 rings (SSSR count). The summed E-state index contributed by atoms with van der Waals surface area (Å²) >= 11 is 0. The molecular weight excluding hydrogens is 279 g/mol. The zero-order valence-electron chi connectivity index (χ0n) is 8.63. The van der Waals surface area contributed by atoms with Crippen LogP contribution in [0.1, 0.15) is 20.8 Å². The number of hydrogen-bond acceptors (Lipinski definition) is 0. The third-order valence-electron chi connectivity index (χ3n) is 1.71. The second kappa shape index (κ2) is 4.52. The van der Waals surface area contributed by atoms with Gasteiger partial charge in [0.1, 0.15) is 0 Å². The van der Waals surface area contributed by atoms with Gasteiger partial charge in [-0.3, -0.25) is 26.0 Å². The molecule has 0 nitrogen and oxygen atoms in total. The van der Waals surface area contributed by atoms with Gasteiger partial charge in [0.05, 0.1) is 0 Å². The molecule has 0 aliphatic rings. The summed E-state index contributed by atoms with van der Waals surface area (Å²) in [6.45, 7) is 8.14. The van der Waals surface area contributed by atoms with Crippen LogP contribution in [0, 0.1) is 0 Å². The van der Waals surface area contributed by atoms with E-state index in [4.69, 9.17) is 0 Å². The van der Waals surface area contributed by atoms with Crippen molar-refractivity contribution in [3.8, 4) is 0 Å². The molecule has 0 N–H and O–H groups in total. The van der Waals surface area contributed by atoms with Gasteiger partial charge in [-0.2, -0.15) is 0 Å². The van der Waals surface area contributed by atoms with Crippen molar-refractivity contribution >= 4 is 47.5 Å². The molecule has 0 aliphatic heterocycles. The normalized spacial score (nSPS) is 20.7. The summed E-state index contributed by atoms with van der Waals surface area (Å²) in [5, 5.41) is 0.747. The Morgan fingerprint density at radius 1 is 0.923 bits per heavy atom. The Morgan fingerprint density at radius 2 is 1.38 bits per heavy atom. The first-order valence-electron chi connectivity index (χ1n) is 3.52. The predicted octanol–water partition coefficient (Wildman–Crippen LogP) is 1.48. The van der Waals surface area contributed by atoms with Crippen molar-refractivity contribution in [2.45, 2.75) is 25.9 Å². The molecule has 62 valence electrons. The zero-order valence-corrected chi connectivity index (χ0v) is 14.9. The van der Waals surface area contributed by atoms with E-state index in [-0.39, 0.29) is 37.7 Å². The molecule has 4 aromatic rings. The molecule has 0 saturated carbocycles. The molecule has 0 saturated heterocycles. The third-order valence-corrected chi connectivity index (χ3v) is 80.7. The van der Waals surface area contributed by atoms with Gasteiger partial charge in [-0.15, -0.1) is 0 Å². The molecule has 4 aromatic heterocycles. The summed E-state index contributed by atoms with van der Waals surface area (Å²) in [7, 11) is 4.07. The van der Waals surface area contributed by atoms with Crippen LogP contribution in [0.25, 0.3) is 0 Å². The standard InChI is InChI=1S/C4H9P7.2Li/c1-4(2,3)7-8-5-9-10(6-8)11(7)9;;/h1-3H3;;/q-2;2*+1. The van der Waals surface area contributed by atoms with E-state index in [2.05, 4.69) is 20.8 Å². The van der Waals surface area contributed by atoms with Crippen molar-refractivity contribution in [1.82, 2.24) is 0 Å². The topological polar surface area (TPSA) is 0 Å². The van der Waals surface area contributed by atoms with Gasteiger partial charge >= 0.3 is 37.7 Å². The van der Waals surface area contributed by atoms with Crippen LogP contribution in [0.4, 0.5) is 0 Å². The van der Waals surface area contributed by atoms with Crippen LogP contribution in [0.15, 0.2) is 0 Å². The predicted molar refractivity (Wildman–Crippen MR) is 68.0 cm³/mol. The summed E-state index contributed by atoms with van der Waals surface area (Å²) in [5.41, 5.74) is 0. The summed E-state index contributed by atoms with van der Waals surface area (Å²) in [4.78, 5) is 0. The molecular formula is C4H9Li2P7. The molecule has 9 heteroatoms. The van der Waals surface area contributed by atoms with E-state index in [1.165, 1.54) is 0 Å². The van der Waals surface area contributed by atoms with E-state index < -0.39 is 0 Å². The van der Waals surface area contributed by atoms with E-state index in [0.29, 0.717) is 13.3 Å². The van der Waals surface area contributed by atoms with Gasteiger partial charge in [0.2, 0.25) is 0 Å². The summed E-state index contributed by atoms with van der Waals surface area (Å²) in [5.74, 6) is 0. The van der Waals surface area contributed by atoms with Gasteiger partial charge in [0.25, 0.3) is 0 Å². The molecule has 4 bridgehead atoms. The number of rotatable bonds is 0. The van der Waals surface area contributed by atoms with Gasteiger partial charge in [0.15, 0.2) is 0 Å². The van der Waals surface area contributed by atoms with Crippen LogP contribution in [-0.2, 0) is 5.16 Å². The SMILES string of the molecule is CC(C)(C)p1p2[p-]p3p([p-]2)p13.[Li+].[Li+]. The summed E-state index contributed by atoms with van der Waals surface area (Å²) in [6.07, 6.45) is 2.89. The van der Waals surface area contributed by atoms with E-state index in [0.717, 1.165) is 24.3 Å². The molecule has 0 aliphatic carbocycles. The molecule has 3 unspecified atom stereocenters. The molecule has 3 atom stereocenters. The van der Waals surface area contributed by atoms with Crippen molar-refractivity contribution in [2.75, 3.05) is 0 Å². The minimum atomic E-state index is 0. The maximum atomic E-state index is 2.51. The van der Waals surface area contributed by atoms with Crippen LogP contribution in [0.5, 0.6) is 0 Å². The third kappa shape index (κ3) is 2.17. The van der Waals surface area contributed by atoms with Crippen molar-refractivity contribution in [3.63, 3.8) is 0 Å². The van der Waals surface area contributed by atoms with E-state index in [1.807, 2.05) is 15.1 Å². The van der Waals surface area contributed by atoms with Crippen molar-refractivity contribution in [3.05, 3.63) is 0 Å². The Morgan fingerprint density at radius 3 is 1.54 bits per heavy atom. The first kappa shape index (κ1) is 14.4. The fourth-order valence-corrected chi connectivity index (χ4v) is 168. The quantitative estimate of drug-likeness (QED) is 0.550. The van der Waals surface area contributed by atoms with Gasteiger partial charge in [-0.1, -0.05) is 25.9 Å². The van der Waals surface area contributed by atoms with Crippen LogP contribution in [0.3, 0.4) is 0 Å². The molecule has 0 radical (unpaired) electrons. The van der Waals surface area contributed by atoms with Crippen LogP contribution >= 0.6 is 47.5 Å². The van der Waals surface area contributed by atoms with E-state index in [1.54, 1.807) is 0 Å². The van der Waals surface area contributed by atoms with Crippen molar-refractivity contribution in [2.24, 2.45) is 0 Å². The van der Waals surface area contributed by atoms with Gasteiger partial charge in [-0.05, 0) is 0 Å². The van der Waals surface area contributed by atoms with E-state index in [9.17, 15) is 0 Å². The molecule has 0 fully saturated rings. The Bertz CT molecular complexity index is 449. The van der Waals surface area contributed by atoms with Crippen LogP contribution in [0.2, 0.25) is 0 Å². The van der Waals surface area contributed by atoms with Crippen LogP contribution < -0.4 is 37.7 Å². The monoisotopic (exact) mass is 288 g/mol. The first-order valence-corrected chi connectivity index (χ1v) is 18.4. The van der Waals surface area contributed by atoms with Gasteiger partial charge in [0, 0.05) is 0 Å². The fraction of sp³-hybridized carbons (Fsp3) is 1.00. The first-order chi connectivity index (χ1) is 5.09. The number of hydrogen-bond donors (Lipinski definition) is 0. The summed E-state index contributed by atoms with van der Waals surface area (Å²) in [6, 6.07) is 0. The summed E-state index contributed by atoms with van der Waals surface area (Å²) < 4.78 is 0. The van der Waals surface area contributed by atoms with Crippen LogP contribution in [-0.4, -0.2) is 0 Å².